The number of unbranched alkanes of at least 4 members (excludes halogenated alkanes) is 1. The van der Waals surface area contributed by atoms with Crippen LogP contribution in [0.2, 0.25) is 0 Å². The summed E-state index contributed by atoms with van der Waals surface area (Å²) in [7, 11) is 0. The molecule has 15 heavy (non-hydrogen) atoms. The number of aliphatic carboxylic acids is 2. The van der Waals surface area contributed by atoms with Crippen LogP contribution < -0.4 is 0 Å². The van der Waals surface area contributed by atoms with Crippen molar-refractivity contribution in [2.24, 2.45) is 11.3 Å². The molecule has 1 unspecified atom stereocenters. The quantitative estimate of drug-likeness (QED) is 0.560. The minimum atomic E-state index is -1.66. The van der Waals surface area contributed by atoms with Crippen LogP contribution in [0.1, 0.15) is 40.0 Å². The first-order chi connectivity index (χ1) is 6.37. The van der Waals surface area contributed by atoms with Gasteiger partial charge in [-0.1, -0.05) is 26.7 Å². The summed E-state index contributed by atoms with van der Waals surface area (Å²) in [6.07, 6.45) is 2.43. The molecule has 0 aromatic rings. The van der Waals surface area contributed by atoms with Crippen LogP contribution in [-0.4, -0.2) is 71.0 Å². The number of hydrogen-bond donors (Lipinski definition) is 2. The molecule has 0 aromatic carbocycles. The molecule has 0 aliphatic heterocycles. The van der Waals surface area contributed by atoms with Crippen molar-refractivity contribution in [2.45, 2.75) is 40.0 Å². The predicted molar refractivity (Wildman–Crippen MR) is 60.6 cm³/mol. The molecule has 0 bridgehead atoms. The molecule has 0 aliphatic rings. The Bertz CT molecular complexity index is 213. The number of hydrogen-bond acceptors (Lipinski definition) is 2. The van der Waals surface area contributed by atoms with Gasteiger partial charge in [-0.25, -0.2) is 0 Å². The van der Waals surface area contributed by atoms with Crippen LogP contribution in [0.4, 0.5) is 0 Å². The van der Waals surface area contributed by atoms with E-state index in [4.69, 9.17) is 10.2 Å². The van der Waals surface area contributed by atoms with E-state index in [0.717, 1.165) is 12.8 Å². The molecule has 0 fully saturated rings. The van der Waals surface area contributed by atoms with Gasteiger partial charge in [0.1, 0.15) is 0 Å². The molecule has 0 saturated carbocycles. The minimum absolute atomic E-state index is 0. The molecule has 86 valence electrons. The summed E-state index contributed by atoms with van der Waals surface area (Å²) in [5, 5.41) is 17.8. The molecule has 0 spiro atoms. The Morgan fingerprint density at radius 3 is 1.93 bits per heavy atom. The van der Waals surface area contributed by atoms with Gasteiger partial charge in [0.15, 0.2) is 5.41 Å². The van der Waals surface area contributed by atoms with Gasteiger partial charge in [0.05, 0.1) is 0 Å². The number of rotatable bonds is 6. The van der Waals surface area contributed by atoms with Crippen molar-refractivity contribution in [3.05, 3.63) is 0 Å². The fourth-order valence-electron chi connectivity index (χ4n) is 1.31. The van der Waals surface area contributed by atoms with E-state index in [2.05, 4.69) is 0 Å². The van der Waals surface area contributed by atoms with Gasteiger partial charge in [-0.3, -0.25) is 9.59 Å². The molecule has 5 heteroatoms. The van der Waals surface area contributed by atoms with Gasteiger partial charge in [-0.15, -0.1) is 0 Å². The SMILES string of the molecule is CCCCC(C)C(C)(C(=O)O)C(=O)O.[BaH2]. The first-order valence-corrected chi connectivity index (χ1v) is 4.84. The van der Waals surface area contributed by atoms with Gasteiger partial charge in [0.25, 0.3) is 0 Å². The van der Waals surface area contributed by atoms with Crippen molar-refractivity contribution in [3.8, 4) is 0 Å². The van der Waals surface area contributed by atoms with Crippen LogP contribution in [0.25, 0.3) is 0 Å². The Kier molecular flexibility index (Phi) is 9.22. The van der Waals surface area contributed by atoms with Crippen LogP contribution in [0, 0.1) is 11.3 Å². The van der Waals surface area contributed by atoms with Crippen molar-refractivity contribution in [1.29, 1.82) is 0 Å². The Morgan fingerprint density at radius 2 is 1.67 bits per heavy atom. The van der Waals surface area contributed by atoms with Crippen LogP contribution in [0.3, 0.4) is 0 Å². The van der Waals surface area contributed by atoms with E-state index in [9.17, 15) is 9.59 Å². The zero-order valence-corrected chi connectivity index (χ0v) is 8.91. The van der Waals surface area contributed by atoms with E-state index in [1.807, 2.05) is 6.92 Å². The van der Waals surface area contributed by atoms with E-state index < -0.39 is 17.4 Å². The maximum atomic E-state index is 10.9. The second-order valence-electron chi connectivity index (χ2n) is 3.86. The zero-order chi connectivity index (χ0) is 11.4. The Balaban J connectivity index is 0. The summed E-state index contributed by atoms with van der Waals surface area (Å²) in [4.78, 5) is 21.8. The molecule has 0 aromatic heterocycles. The van der Waals surface area contributed by atoms with Gasteiger partial charge >= 0.3 is 60.8 Å². The molecule has 0 saturated heterocycles. The first kappa shape index (κ1) is 17.9. The molecule has 0 amide bonds. The summed E-state index contributed by atoms with van der Waals surface area (Å²) in [5.41, 5.74) is -1.66. The Morgan fingerprint density at radius 1 is 1.27 bits per heavy atom. The Labute approximate surface area is 131 Å². The number of carboxylic acids is 2. The van der Waals surface area contributed by atoms with Gasteiger partial charge < -0.3 is 10.2 Å². The Hall–Kier alpha value is 0.511. The monoisotopic (exact) mass is 342 g/mol. The molecule has 0 heterocycles. The molecule has 2 N–H and O–H groups in total. The third-order valence-corrected chi connectivity index (χ3v) is 2.86. The fraction of sp³-hybridized carbons (Fsp3) is 0.800. The van der Waals surface area contributed by atoms with Crippen molar-refractivity contribution in [3.63, 3.8) is 0 Å². The van der Waals surface area contributed by atoms with Crippen LogP contribution in [-0.2, 0) is 9.59 Å². The number of carboxylic acid groups (broad SMARTS) is 2. The van der Waals surface area contributed by atoms with E-state index in [0.29, 0.717) is 6.42 Å². The third-order valence-electron chi connectivity index (χ3n) is 2.86. The molecule has 0 rings (SSSR count). The molecule has 1 atom stereocenters. The van der Waals surface area contributed by atoms with E-state index in [1.54, 1.807) is 6.92 Å². The second kappa shape index (κ2) is 7.73. The molecule has 0 radical (unpaired) electrons. The molecular formula is C10H20BaO4. The van der Waals surface area contributed by atoms with Gasteiger partial charge in [0.2, 0.25) is 0 Å². The predicted octanol–water partition coefficient (Wildman–Crippen LogP) is 1.07. The first-order valence-electron chi connectivity index (χ1n) is 4.84. The average Bonchev–Trinajstić information content (AvgIpc) is 2.11. The van der Waals surface area contributed by atoms with E-state index in [-0.39, 0.29) is 54.8 Å². The van der Waals surface area contributed by atoms with E-state index >= 15 is 0 Å². The standard InChI is InChI=1S/C10H18O4.Ba.2H/c1-4-5-6-7(2)10(3,8(11)12)9(13)14;;;/h7H,4-6H2,1-3H3,(H,11,12)(H,13,14);;;. The van der Waals surface area contributed by atoms with Crippen LogP contribution in [0.15, 0.2) is 0 Å². The molecular weight excluding hydrogens is 321 g/mol. The molecule has 4 nitrogen and oxygen atoms in total. The van der Waals surface area contributed by atoms with Crippen molar-refractivity contribution in [1.82, 2.24) is 0 Å². The van der Waals surface area contributed by atoms with Crippen molar-refractivity contribution >= 4 is 60.8 Å². The average molecular weight is 342 g/mol. The fourth-order valence-corrected chi connectivity index (χ4v) is 1.31. The normalized spacial score (nSPS) is 12.7. The number of carbonyl (C=O) groups is 2. The van der Waals surface area contributed by atoms with E-state index in [1.165, 1.54) is 6.92 Å². The van der Waals surface area contributed by atoms with Crippen molar-refractivity contribution in [2.75, 3.05) is 0 Å². The van der Waals surface area contributed by atoms with Crippen LogP contribution >= 0.6 is 0 Å². The van der Waals surface area contributed by atoms with Crippen molar-refractivity contribution < 1.29 is 19.8 Å². The van der Waals surface area contributed by atoms with Gasteiger partial charge in [0, 0.05) is 0 Å². The summed E-state index contributed by atoms with van der Waals surface area (Å²) in [5.74, 6) is -2.86. The van der Waals surface area contributed by atoms with Crippen LogP contribution in [0.5, 0.6) is 0 Å². The molecule has 0 aliphatic carbocycles. The summed E-state index contributed by atoms with van der Waals surface area (Å²) in [6.45, 7) is 4.95. The third kappa shape index (κ3) is 4.48. The topological polar surface area (TPSA) is 74.6 Å². The van der Waals surface area contributed by atoms with Gasteiger partial charge in [-0.2, -0.15) is 0 Å². The second-order valence-corrected chi connectivity index (χ2v) is 3.86. The summed E-state index contributed by atoms with van der Waals surface area (Å²) < 4.78 is 0. The maximum absolute atomic E-state index is 10.9. The zero-order valence-electron chi connectivity index (χ0n) is 8.91. The van der Waals surface area contributed by atoms with Gasteiger partial charge in [-0.05, 0) is 19.3 Å². The summed E-state index contributed by atoms with van der Waals surface area (Å²) in [6, 6.07) is 0. The summed E-state index contributed by atoms with van der Waals surface area (Å²) >= 11 is 0.